The molecule has 1 N–H and O–H groups in total. The smallest absolute Gasteiger partial charge is 0.261 e. The lowest BCUT2D eigenvalue weighted by Gasteiger charge is -2.24. The number of nitrogens with zero attached hydrogens (tertiary/aromatic N) is 1. The summed E-state index contributed by atoms with van der Waals surface area (Å²) in [5.74, 6) is 0.274. The maximum absolute atomic E-state index is 12.5. The predicted octanol–water partition coefficient (Wildman–Crippen LogP) is 3.03. The summed E-state index contributed by atoms with van der Waals surface area (Å²) in [6.45, 7) is 0.940. The Morgan fingerprint density at radius 1 is 1.12 bits per heavy atom. The van der Waals surface area contributed by atoms with Gasteiger partial charge in [0, 0.05) is 18.1 Å². The lowest BCUT2D eigenvalue weighted by atomic mass is 10.2. The van der Waals surface area contributed by atoms with Gasteiger partial charge in [-0.25, -0.2) is 0 Å². The third-order valence-corrected chi connectivity index (χ3v) is 4.61. The molecule has 0 spiro atoms. The van der Waals surface area contributed by atoms with Gasteiger partial charge in [0.2, 0.25) is 5.91 Å². The number of benzene rings is 2. The number of likely N-dealkylation sites (tertiary alicyclic amines) is 1. The van der Waals surface area contributed by atoms with E-state index in [1.165, 1.54) is 0 Å². The molecule has 0 bridgehead atoms. The van der Waals surface area contributed by atoms with Gasteiger partial charge in [-0.3, -0.25) is 9.59 Å². The molecule has 1 atom stereocenters. The summed E-state index contributed by atoms with van der Waals surface area (Å²) in [5, 5.41) is 3.53. The zero-order valence-electron chi connectivity index (χ0n) is 14.4. The van der Waals surface area contributed by atoms with E-state index >= 15 is 0 Å². The molecule has 2 aromatic rings. The van der Waals surface area contributed by atoms with Crippen LogP contribution in [0.2, 0.25) is 5.02 Å². The van der Waals surface area contributed by atoms with Crippen molar-refractivity contribution in [1.29, 1.82) is 0 Å². The van der Waals surface area contributed by atoms with Crippen LogP contribution in [0.15, 0.2) is 54.6 Å². The number of nitrogens with one attached hydrogen (secondary N) is 1. The largest absolute Gasteiger partial charge is 0.484 e. The molecule has 26 heavy (non-hydrogen) atoms. The van der Waals surface area contributed by atoms with Crippen LogP contribution in [-0.2, 0) is 16.1 Å². The zero-order chi connectivity index (χ0) is 18.4. The minimum atomic E-state index is -0.431. The molecule has 5 nitrogen and oxygen atoms in total. The number of carbonyl (C=O) groups excluding carboxylic acids is 2. The zero-order valence-corrected chi connectivity index (χ0v) is 15.1. The molecular weight excluding hydrogens is 352 g/mol. The van der Waals surface area contributed by atoms with E-state index in [1.807, 2.05) is 30.3 Å². The molecule has 1 fully saturated rings. The third kappa shape index (κ3) is 4.76. The van der Waals surface area contributed by atoms with Crippen molar-refractivity contribution in [3.05, 3.63) is 65.2 Å². The van der Waals surface area contributed by atoms with Crippen molar-refractivity contribution in [2.45, 2.75) is 25.4 Å². The Morgan fingerprint density at radius 3 is 2.58 bits per heavy atom. The fraction of sp³-hybridized carbons (Fsp3) is 0.300. The minimum Gasteiger partial charge on any atom is -0.484 e. The van der Waals surface area contributed by atoms with Crippen LogP contribution in [-0.4, -0.2) is 35.9 Å². The van der Waals surface area contributed by atoms with Crippen LogP contribution < -0.4 is 10.1 Å². The van der Waals surface area contributed by atoms with Gasteiger partial charge in [0.05, 0.1) is 0 Å². The topological polar surface area (TPSA) is 58.6 Å². The maximum atomic E-state index is 12.5. The van der Waals surface area contributed by atoms with Crippen LogP contribution >= 0.6 is 11.6 Å². The Hall–Kier alpha value is -2.53. The molecule has 2 amide bonds. The second-order valence-electron chi connectivity index (χ2n) is 6.19. The highest BCUT2D eigenvalue weighted by Crippen LogP contribution is 2.19. The molecule has 2 aromatic carbocycles. The summed E-state index contributed by atoms with van der Waals surface area (Å²) in [6.07, 6.45) is 1.49. The molecule has 1 heterocycles. The van der Waals surface area contributed by atoms with Crippen LogP contribution in [0, 0.1) is 0 Å². The van der Waals surface area contributed by atoms with Crippen LogP contribution in [0.1, 0.15) is 18.4 Å². The Bertz CT molecular complexity index is 749. The van der Waals surface area contributed by atoms with E-state index in [2.05, 4.69) is 5.32 Å². The molecule has 0 saturated carbocycles. The summed E-state index contributed by atoms with van der Waals surface area (Å²) in [6, 6.07) is 16.1. The summed E-state index contributed by atoms with van der Waals surface area (Å²) in [4.78, 5) is 26.6. The second kappa shape index (κ2) is 8.72. The summed E-state index contributed by atoms with van der Waals surface area (Å²) >= 11 is 5.83. The second-order valence-corrected chi connectivity index (χ2v) is 6.63. The van der Waals surface area contributed by atoms with Crippen molar-refractivity contribution in [3.63, 3.8) is 0 Å². The van der Waals surface area contributed by atoms with Gasteiger partial charge >= 0.3 is 0 Å². The number of ether oxygens (including phenoxy) is 1. The Labute approximate surface area is 157 Å². The van der Waals surface area contributed by atoms with Crippen molar-refractivity contribution in [3.8, 4) is 5.75 Å². The van der Waals surface area contributed by atoms with Crippen LogP contribution in [0.4, 0.5) is 0 Å². The highest BCUT2D eigenvalue weighted by atomic mass is 35.5. The Balaban J connectivity index is 1.52. The first-order valence-corrected chi connectivity index (χ1v) is 9.01. The average Bonchev–Trinajstić information content (AvgIpc) is 3.16. The van der Waals surface area contributed by atoms with E-state index in [1.54, 1.807) is 29.2 Å². The first kappa shape index (κ1) is 18.3. The molecule has 1 aliphatic rings. The first-order valence-electron chi connectivity index (χ1n) is 8.63. The maximum Gasteiger partial charge on any atom is 0.261 e. The molecule has 136 valence electrons. The van der Waals surface area contributed by atoms with E-state index < -0.39 is 6.04 Å². The van der Waals surface area contributed by atoms with Crippen molar-refractivity contribution in [1.82, 2.24) is 10.2 Å². The fourth-order valence-electron chi connectivity index (χ4n) is 3.00. The molecule has 0 radical (unpaired) electrons. The highest BCUT2D eigenvalue weighted by molar-refractivity contribution is 6.30. The van der Waals surface area contributed by atoms with Gasteiger partial charge in [0.1, 0.15) is 11.8 Å². The summed E-state index contributed by atoms with van der Waals surface area (Å²) in [5.41, 5.74) is 1.03. The third-order valence-electron chi connectivity index (χ3n) is 4.36. The molecule has 0 aliphatic carbocycles. The van der Waals surface area contributed by atoms with E-state index in [9.17, 15) is 9.59 Å². The van der Waals surface area contributed by atoms with Gasteiger partial charge in [0.15, 0.2) is 6.61 Å². The van der Waals surface area contributed by atoms with Gasteiger partial charge in [-0.15, -0.1) is 0 Å². The van der Waals surface area contributed by atoms with Gasteiger partial charge in [0.25, 0.3) is 5.91 Å². The summed E-state index contributed by atoms with van der Waals surface area (Å²) < 4.78 is 5.51. The molecule has 3 rings (SSSR count). The van der Waals surface area contributed by atoms with Crippen molar-refractivity contribution >= 4 is 23.4 Å². The van der Waals surface area contributed by atoms with Crippen LogP contribution in [0.5, 0.6) is 5.75 Å². The normalized spacial score (nSPS) is 16.3. The molecular formula is C20H21ClN2O3. The SMILES string of the molecule is O=C(NCc1ccccc1)[C@H]1CCCN1C(=O)COc1ccc(Cl)cc1. The number of carbonyl (C=O) groups is 2. The summed E-state index contributed by atoms with van der Waals surface area (Å²) in [7, 11) is 0. The van der Waals surface area contributed by atoms with E-state index in [-0.39, 0.29) is 18.4 Å². The van der Waals surface area contributed by atoms with Gasteiger partial charge in [-0.2, -0.15) is 0 Å². The van der Waals surface area contributed by atoms with Crippen molar-refractivity contribution in [2.24, 2.45) is 0 Å². The number of rotatable bonds is 6. The van der Waals surface area contributed by atoms with Gasteiger partial charge < -0.3 is 15.0 Å². The van der Waals surface area contributed by atoms with Gasteiger partial charge in [-0.1, -0.05) is 41.9 Å². The molecule has 0 unspecified atom stereocenters. The predicted molar refractivity (Wildman–Crippen MR) is 100.0 cm³/mol. The van der Waals surface area contributed by atoms with E-state index in [0.717, 1.165) is 12.0 Å². The number of halogens is 1. The lowest BCUT2D eigenvalue weighted by Crippen LogP contribution is -2.47. The van der Waals surface area contributed by atoms with E-state index in [4.69, 9.17) is 16.3 Å². The van der Waals surface area contributed by atoms with Gasteiger partial charge in [-0.05, 0) is 42.7 Å². The molecule has 6 heteroatoms. The number of hydrogen-bond donors (Lipinski definition) is 1. The van der Waals surface area contributed by atoms with Crippen molar-refractivity contribution < 1.29 is 14.3 Å². The minimum absolute atomic E-state index is 0.0932. The molecule has 1 saturated heterocycles. The Morgan fingerprint density at radius 2 is 1.85 bits per heavy atom. The molecule has 1 aliphatic heterocycles. The number of hydrogen-bond acceptors (Lipinski definition) is 3. The lowest BCUT2D eigenvalue weighted by molar-refractivity contribution is -0.140. The quantitative estimate of drug-likeness (QED) is 0.847. The fourth-order valence-corrected chi connectivity index (χ4v) is 3.13. The Kier molecular flexibility index (Phi) is 6.12. The molecule has 0 aromatic heterocycles. The first-order chi connectivity index (χ1) is 12.6. The standard InChI is InChI=1S/C20H21ClN2O3/c21-16-8-10-17(11-9-16)26-14-19(24)23-12-4-7-18(23)20(25)22-13-15-5-2-1-3-6-15/h1-3,5-6,8-11,18H,4,7,12-14H2,(H,22,25)/t18-/m1/s1. The van der Waals surface area contributed by atoms with E-state index in [0.29, 0.717) is 30.3 Å². The number of amides is 2. The average molecular weight is 373 g/mol. The van der Waals surface area contributed by atoms with Crippen LogP contribution in [0.25, 0.3) is 0 Å². The highest BCUT2D eigenvalue weighted by Gasteiger charge is 2.33. The van der Waals surface area contributed by atoms with Crippen molar-refractivity contribution in [2.75, 3.05) is 13.2 Å². The van der Waals surface area contributed by atoms with Crippen LogP contribution in [0.3, 0.4) is 0 Å². The monoisotopic (exact) mass is 372 g/mol.